The number of epoxide rings is 1. The van der Waals surface area contributed by atoms with E-state index in [1.54, 1.807) is 31.2 Å². The molecule has 0 radical (unpaired) electrons. The summed E-state index contributed by atoms with van der Waals surface area (Å²) in [5.74, 6) is -0.102. The van der Waals surface area contributed by atoms with Crippen molar-refractivity contribution in [3.8, 4) is 5.75 Å². The number of amides is 2. The molecular formula is C17H19NO6. The Morgan fingerprint density at radius 2 is 1.83 bits per heavy atom. The molecule has 0 aliphatic carbocycles. The van der Waals surface area contributed by atoms with Gasteiger partial charge in [-0.1, -0.05) is 0 Å². The van der Waals surface area contributed by atoms with Gasteiger partial charge in [-0.05, 0) is 31.2 Å². The molecule has 0 aromatic heterocycles. The zero-order valence-electron chi connectivity index (χ0n) is 13.3. The third kappa shape index (κ3) is 4.41. The van der Waals surface area contributed by atoms with Crippen molar-refractivity contribution in [1.29, 1.82) is 0 Å². The van der Waals surface area contributed by atoms with Crippen molar-refractivity contribution in [1.82, 2.24) is 0 Å². The zero-order chi connectivity index (χ0) is 16.9. The van der Waals surface area contributed by atoms with Crippen molar-refractivity contribution in [3.05, 3.63) is 36.4 Å². The SMILES string of the molecule is CC(OCCOCC1CO1)Oc1ccc(N2C(=O)C=CC2=O)cc1. The van der Waals surface area contributed by atoms with Crippen LogP contribution in [0.15, 0.2) is 36.4 Å². The second-order valence-corrected chi connectivity index (χ2v) is 5.43. The van der Waals surface area contributed by atoms with Gasteiger partial charge in [-0.3, -0.25) is 9.59 Å². The minimum absolute atomic E-state index is 0.252. The molecule has 2 aliphatic heterocycles. The highest BCUT2D eigenvalue weighted by atomic mass is 16.7. The minimum atomic E-state index is -0.437. The normalized spacial score (nSPS) is 20.5. The number of benzene rings is 1. The summed E-state index contributed by atoms with van der Waals surface area (Å²) >= 11 is 0. The molecule has 7 heteroatoms. The van der Waals surface area contributed by atoms with Gasteiger partial charge in [0.25, 0.3) is 11.8 Å². The molecular weight excluding hydrogens is 314 g/mol. The molecule has 0 saturated carbocycles. The molecule has 2 aliphatic rings. The number of hydrogen-bond acceptors (Lipinski definition) is 6. The van der Waals surface area contributed by atoms with Gasteiger partial charge >= 0.3 is 0 Å². The van der Waals surface area contributed by atoms with Crippen molar-refractivity contribution in [3.63, 3.8) is 0 Å². The standard InChI is InChI=1S/C17H19NO6/c1-12(22-9-8-21-10-15-11-23-15)24-14-4-2-13(3-5-14)18-16(19)6-7-17(18)20/h2-7,12,15H,8-11H2,1H3. The fourth-order valence-corrected chi connectivity index (χ4v) is 2.21. The van der Waals surface area contributed by atoms with Crippen LogP contribution in [0.3, 0.4) is 0 Å². The molecule has 2 unspecified atom stereocenters. The maximum Gasteiger partial charge on any atom is 0.258 e. The smallest absolute Gasteiger partial charge is 0.258 e. The Labute approximate surface area is 139 Å². The Hall–Kier alpha value is -2.22. The minimum Gasteiger partial charge on any atom is -0.465 e. The lowest BCUT2D eigenvalue weighted by atomic mass is 10.3. The number of rotatable bonds is 9. The third-order valence-corrected chi connectivity index (χ3v) is 3.49. The molecule has 0 N–H and O–H groups in total. The first-order valence-electron chi connectivity index (χ1n) is 7.77. The first kappa shape index (κ1) is 16.6. The molecule has 3 rings (SSSR count). The van der Waals surface area contributed by atoms with Gasteiger partial charge in [0.2, 0.25) is 0 Å². The van der Waals surface area contributed by atoms with E-state index >= 15 is 0 Å². The van der Waals surface area contributed by atoms with Crippen molar-refractivity contribution in [2.24, 2.45) is 0 Å². The highest BCUT2D eigenvalue weighted by molar-refractivity contribution is 6.28. The number of hydrogen-bond donors (Lipinski definition) is 0. The average molecular weight is 333 g/mol. The maximum absolute atomic E-state index is 11.6. The summed E-state index contributed by atoms with van der Waals surface area (Å²) in [4.78, 5) is 24.3. The predicted molar refractivity (Wildman–Crippen MR) is 84.7 cm³/mol. The highest BCUT2D eigenvalue weighted by Crippen LogP contribution is 2.23. The van der Waals surface area contributed by atoms with Gasteiger partial charge in [0.15, 0.2) is 6.29 Å². The van der Waals surface area contributed by atoms with E-state index in [-0.39, 0.29) is 17.9 Å². The number of carbonyl (C=O) groups is 2. The summed E-state index contributed by atoms with van der Waals surface area (Å²) in [7, 11) is 0. The maximum atomic E-state index is 11.6. The molecule has 7 nitrogen and oxygen atoms in total. The predicted octanol–water partition coefficient (Wildman–Crippen LogP) is 1.27. The van der Waals surface area contributed by atoms with Crippen LogP contribution in [0.5, 0.6) is 5.75 Å². The lowest BCUT2D eigenvalue weighted by Crippen LogP contribution is -2.29. The van der Waals surface area contributed by atoms with Crippen LogP contribution in [0.2, 0.25) is 0 Å². The van der Waals surface area contributed by atoms with E-state index in [0.29, 0.717) is 31.3 Å². The number of imide groups is 1. The summed E-state index contributed by atoms with van der Waals surface area (Å²) in [5, 5.41) is 0. The highest BCUT2D eigenvalue weighted by Gasteiger charge is 2.25. The Balaban J connectivity index is 1.41. The molecule has 1 aromatic carbocycles. The quantitative estimate of drug-likeness (QED) is 0.293. The van der Waals surface area contributed by atoms with Crippen molar-refractivity contribution in [2.45, 2.75) is 19.3 Å². The van der Waals surface area contributed by atoms with Crippen LogP contribution < -0.4 is 9.64 Å². The monoisotopic (exact) mass is 333 g/mol. The van der Waals surface area contributed by atoms with Crippen LogP contribution in [0.4, 0.5) is 5.69 Å². The van der Waals surface area contributed by atoms with E-state index in [1.165, 1.54) is 12.2 Å². The van der Waals surface area contributed by atoms with Crippen molar-refractivity contribution < 1.29 is 28.5 Å². The Morgan fingerprint density at radius 1 is 1.17 bits per heavy atom. The molecule has 0 bridgehead atoms. The van der Waals surface area contributed by atoms with Gasteiger partial charge in [0.05, 0.1) is 32.1 Å². The van der Waals surface area contributed by atoms with Gasteiger partial charge < -0.3 is 18.9 Å². The van der Waals surface area contributed by atoms with E-state index in [4.69, 9.17) is 18.9 Å². The van der Waals surface area contributed by atoms with Crippen LogP contribution in [0.1, 0.15) is 6.92 Å². The molecule has 1 aromatic rings. The molecule has 2 amide bonds. The second kappa shape index (κ2) is 7.57. The molecule has 2 atom stereocenters. The van der Waals surface area contributed by atoms with Crippen molar-refractivity contribution >= 4 is 17.5 Å². The summed E-state index contributed by atoms with van der Waals surface area (Å²) in [6.07, 6.45) is 2.32. The molecule has 2 heterocycles. The number of ether oxygens (including phenoxy) is 4. The first-order valence-corrected chi connectivity index (χ1v) is 7.77. The van der Waals surface area contributed by atoms with Crippen LogP contribution in [0, 0.1) is 0 Å². The second-order valence-electron chi connectivity index (χ2n) is 5.43. The molecule has 24 heavy (non-hydrogen) atoms. The topological polar surface area (TPSA) is 77.6 Å². The molecule has 128 valence electrons. The Kier molecular flexibility index (Phi) is 5.24. The van der Waals surface area contributed by atoms with E-state index < -0.39 is 6.29 Å². The summed E-state index contributed by atoms with van der Waals surface area (Å²) < 4.78 is 21.5. The fourth-order valence-electron chi connectivity index (χ4n) is 2.21. The van der Waals surface area contributed by atoms with Crippen LogP contribution in [-0.2, 0) is 23.8 Å². The largest absolute Gasteiger partial charge is 0.465 e. The summed E-state index contributed by atoms with van der Waals surface area (Å²) in [6.45, 7) is 4.08. The Bertz CT molecular complexity index is 604. The van der Waals surface area contributed by atoms with E-state index in [9.17, 15) is 9.59 Å². The number of carbonyl (C=O) groups excluding carboxylic acids is 2. The van der Waals surface area contributed by atoms with Gasteiger partial charge in [-0.25, -0.2) is 4.90 Å². The lowest BCUT2D eigenvalue weighted by molar-refractivity contribution is -0.120. The molecule has 0 spiro atoms. The first-order chi connectivity index (χ1) is 11.6. The summed E-state index contributed by atoms with van der Waals surface area (Å²) in [5.41, 5.74) is 0.506. The van der Waals surface area contributed by atoms with E-state index in [0.717, 1.165) is 11.5 Å². The zero-order valence-corrected chi connectivity index (χ0v) is 13.3. The molecule has 1 fully saturated rings. The molecule has 1 saturated heterocycles. The average Bonchev–Trinajstić information content (AvgIpc) is 3.33. The van der Waals surface area contributed by atoms with Crippen LogP contribution in [0.25, 0.3) is 0 Å². The lowest BCUT2D eigenvalue weighted by Gasteiger charge is -2.17. The van der Waals surface area contributed by atoms with Crippen molar-refractivity contribution in [2.75, 3.05) is 31.3 Å². The van der Waals surface area contributed by atoms with Gasteiger partial charge in [-0.15, -0.1) is 0 Å². The number of anilines is 1. The van der Waals surface area contributed by atoms with Crippen LogP contribution >= 0.6 is 0 Å². The number of nitrogens with zero attached hydrogens (tertiary/aromatic N) is 1. The fraction of sp³-hybridized carbons (Fsp3) is 0.412. The summed E-state index contributed by atoms with van der Waals surface area (Å²) in [6, 6.07) is 6.69. The van der Waals surface area contributed by atoms with Gasteiger partial charge in [0.1, 0.15) is 11.9 Å². The van der Waals surface area contributed by atoms with Gasteiger partial charge in [0, 0.05) is 12.2 Å². The third-order valence-electron chi connectivity index (χ3n) is 3.49. The Morgan fingerprint density at radius 3 is 2.46 bits per heavy atom. The van der Waals surface area contributed by atoms with Crippen LogP contribution in [-0.4, -0.2) is 50.6 Å². The van der Waals surface area contributed by atoms with E-state index in [2.05, 4.69) is 0 Å². The van der Waals surface area contributed by atoms with Gasteiger partial charge in [-0.2, -0.15) is 0 Å². The van der Waals surface area contributed by atoms with E-state index in [1.807, 2.05) is 0 Å².